The second-order valence-electron chi connectivity index (χ2n) is 2.87. The molecule has 0 spiro atoms. The van der Waals surface area contributed by atoms with Crippen LogP contribution < -0.4 is 0 Å². The molecule has 1 aromatic carbocycles. The molecule has 0 aliphatic carbocycles. The van der Waals surface area contributed by atoms with Crippen molar-refractivity contribution < 1.29 is 9.90 Å². The minimum atomic E-state index is -0.306. The van der Waals surface area contributed by atoms with Crippen molar-refractivity contribution >= 4 is 29.5 Å². The van der Waals surface area contributed by atoms with E-state index in [0.29, 0.717) is 9.52 Å². The van der Waals surface area contributed by atoms with E-state index in [1.165, 1.54) is 5.38 Å². The van der Waals surface area contributed by atoms with E-state index in [-0.39, 0.29) is 11.8 Å². The highest BCUT2D eigenvalue weighted by molar-refractivity contribution is 7.73. The molecule has 1 N–H and O–H groups in total. The molecular weight excluding hydrogens is 230 g/mol. The number of rotatable bonds is 1. The Labute approximate surface area is 95.2 Å². The second-order valence-corrected chi connectivity index (χ2v) is 4.37. The summed E-state index contributed by atoms with van der Waals surface area (Å²) in [6, 6.07) is 8.71. The number of aromatic nitrogens is 1. The van der Waals surface area contributed by atoms with Crippen LogP contribution >= 0.6 is 23.6 Å². The van der Waals surface area contributed by atoms with Crippen LogP contribution in [0.2, 0.25) is 0 Å². The van der Waals surface area contributed by atoms with Gasteiger partial charge >= 0.3 is 0 Å². The molecule has 2 aromatic rings. The van der Waals surface area contributed by atoms with Crippen molar-refractivity contribution in [3.05, 3.63) is 45.2 Å². The summed E-state index contributed by atoms with van der Waals surface area (Å²) >= 11 is 6.11. The average molecular weight is 237 g/mol. The van der Waals surface area contributed by atoms with Crippen molar-refractivity contribution in [1.82, 2.24) is 4.57 Å². The Morgan fingerprint density at radius 2 is 2.00 bits per heavy atom. The smallest absolute Gasteiger partial charge is 0.266 e. The summed E-state index contributed by atoms with van der Waals surface area (Å²) < 4.78 is 1.47. The number of hydrogen-bond donors (Lipinski definition) is 1. The van der Waals surface area contributed by atoms with Gasteiger partial charge in [-0.2, -0.15) is 0 Å². The van der Waals surface area contributed by atoms with E-state index in [1.54, 1.807) is 24.3 Å². The van der Waals surface area contributed by atoms with Crippen LogP contribution in [0, 0.1) is 3.95 Å². The fraction of sp³-hybridized carbons (Fsp3) is 0. The number of aromatic hydroxyl groups is 1. The lowest BCUT2D eigenvalue weighted by Crippen LogP contribution is -2.10. The minimum Gasteiger partial charge on any atom is -0.494 e. The molecule has 15 heavy (non-hydrogen) atoms. The molecule has 3 nitrogen and oxygen atoms in total. The van der Waals surface area contributed by atoms with Gasteiger partial charge in [-0.15, -0.1) is 11.3 Å². The average Bonchev–Trinajstić information content (AvgIpc) is 2.59. The zero-order valence-electron chi connectivity index (χ0n) is 7.58. The van der Waals surface area contributed by atoms with Crippen LogP contribution in [-0.2, 0) is 0 Å². The Hall–Kier alpha value is -1.46. The van der Waals surface area contributed by atoms with Gasteiger partial charge < -0.3 is 5.11 Å². The number of thiazole rings is 1. The molecule has 0 saturated heterocycles. The quantitative estimate of drug-likeness (QED) is 0.775. The van der Waals surface area contributed by atoms with E-state index in [4.69, 9.17) is 12.2 Å². The minimum absolute atomic E-state index is 0.112. The molecular formula is C10H7NO2S2. The molecule has 0 aliphatic heterocycles. The van der Waals surface area contributed by atoms with Crippen LogP contribution in [0.25, 0.3) is 0 Å². The topological polar surface area (TPSA) is 42.2 Å². The zero-order valence-corrected chi connectivity index (χ0v) is 9.22. The molecule has 1 aromatic heterocycles. The van der Waals surface area contributed by atoms with E-state index in [2.05, 4.69) is 0 Å². The second kappa shape index (κ2) is 3.96. The third-order valence-corrected chi connectivity index (χ3v) is 3.08. The van der Waals surface area contributed by atoms with Gasteiger partial charge in [-0.1, -0.05) is 18.2 Å². The Morgan fingerprint density at radius 3 is 2.53 bits per heavy atom. The monoisotopic (exact) mass is 237 g/mol. The van der Waals surface area contributed by atoms with E-state index in [1.807, 2.05) is 6.07 Å². The molecule has 0 aliphatic rings. The third kappa shape index (κ3) is 1.84. The van der Waals surface area contributed by atoms with E-state index in [9.17, 15) is 9.90 Å². The Bertz CT molecular complexity index is 542. The molecule has 0 radical (unpaired) electrons. The molecule has 1 heterocycles. The van der Waals surface area contributed by atoms with E-state index >= 15 is 0 Å². The van der Waals surface area contributed by atoms with E-state index in [0.717, 1.165) is 15.9 Å². The predicted molar refractivity (Wildman–Crippen MR) is 61.0 cm³/mol. The molecule has 0 bridgehead atoms. The number of hydrogen-bond acceptors (Lipinski definition) is 4. The number of nitrogens with zero attached hydrogens (tertiary/aromatic N) is 1. The standard InChI is InChI=1S/C10H7NO2S2/c12-8-6-15-10(14)11(8)9(13)7-4-2-1-3-5-7/h1-6,12H. The third-order valence-electron chi connectivity index (χ3n) is 1.90. The van der Waals surface area contributed by atoms with Gasteiger partial charge in [0.25, 0.3) is 5.91 Å². The first kappa shape index (κ1) is 10.1. The van der Waals surface area contributed by atoms with Crippen LogP contribution in [0.1, 0.15) is 10.4 Å². The van der Waals surface area contributed by atoms with Gasteiger partial charge in [0.05, 0.1) is 5.38 Å². The lowest BCUT2D eigenvalue weighted by atomic mass is 10.2. The van der Waals surface area contributed by atoms with Gasteiger partial charge in [-0.3, -0.25) is 4.79 Å². The van der Waals surface area contributed by atoms with Crippen LogP contribution in [0.4, 0.5) is 0 Å². The first-order chi connectivity index (χ1) is 7.20. The van der Waals surface area contributed by atoms with Crippen molar-refractivity contribution in [3.8, 4) is 5.88 Å². The number of benzene rings is 1. The molecule has 5 heteroatoms. The summed E-state index contributed by atoms with van der Waals surface area (Å²) in [5, 5.41) is 10.9. The summed E-state index contributed by atoms with van der Waals surface area (Å²) in [5.41, 5.74) is 0.502. The van der Waals surface area contributed by atoms with Gasteiger partial charge in [0, 0.05) is 5.56 Å². The SMILES string of the molecule is O=C(c1ccccc1)n1c(O)csc1=S. The first-order valence-corrected chi connectivity index (χ1v) is 5.48. The lowest BCUT2D eigenvalue weighted by molar-refractivity contribution is 0.0950. The molecule has 0 saturated carbocycles. The molecule has 0 unspecified atom stereocenters. The van der Waals surface area contributed by atoms with Crippen LogP contribution in [-0.4, -0.2) is 15.6 Å². The van der Waals surface area contributed by atoms with Crippen molar-refractivity contribution in [2.24, 2.45) is 0 Å². The highest BCUT2D eigenvalue weighted by Gasteiger charge is 2.12. The van der Waals surface area contributed by atoms with Gasteiger partial charge in [0.1, 0.15) is 0 Å². The van der Waals surface area contributed by atoms with Crippen molar-refractivity contribution in [1.29, 1.82) is 0 Å². The summed E-state index contributed by atoms with van der Waals surface area (Å²) in [5.74, 6) is -0.418. The number of carbonyl (C=O) groups excluding carboxylic acids is 1. The van der Waals surface area contributed by atoms with Crippen LogP contribution in [0.5, 0.6) is 5.88 Å². The first-order valence-electron chi connectivity index (χ1n) is 4.19. The predicted octanol–water partition coefficient (Wildman–Crippen LogP) is 2.67. The van der Waals surface area contributed by atoms with Gasteiger partial charge in [0.15, 0.2) is 3.95 Å². The summed E-state index contributed by atoms with van der Waals surface area (Å²) in [7, 11) is 0. The summed E-state index contributed by atoms with van der Waals surface area (Å²) in [6.07, 6.45) is 0. The Morgan fingerprint density at radius 1 is 1.33 bits per heavy atom. The number of carbonyl (C=O) groups is 1. The Balaban J connectivity index is 2.51. The highest BCUT2D eigenvalue weighted by atomic mass is 32.1. The maximum Gasteiger partial charge on any atom is 0.266 e. The molecule has 0 fully saturated rings. The molecule has 76 valence electrons. The largest absolute Gasteiger partial charge is 0.494 e. The maximum absolute atomic E-state index is 11.9. The van der Waals surface area contributed by atoms with Crippen LogP contribution in [0.15, 0.2) is 35.7 Å². The van der Waals surface area contributed by atoms with Crippen molar-refractivity contribution in [2.45, 2.75) is 0 Å². The van der Waals surface area contributed by atoms with Gasteiger partial charge in [0.2, 0.25) is 5.88 Å². The lowest BCUT2D eigenvalue weighted by Gasteiger charge is -2.02. The van der Waals surface area contributed by atoms with Crippen molar-refractivity contribution in [3.63, 3.8) is 0 Å². The van der Waals surface area contributed by atoms with Crippen molar-refractivity contribution in [2.75, 3.05) is 0 Å². The van der Waals surface area contributed by atoms with Crippen LogP contribution in [0.3, 0.4) is 0 Å². The fourth-order valence-electron chi connectivity index (χ4n) is 1.20. The molecule has 2 rings (SSSR count). The van der Waals surface area contributed by atoms with Gasteiger partial charge in [-0.05, 0) is 24.4 Å². The Kier molecular flexibility index (Phi) is 2.66. The van der Waals surface area contributed by atoms with E-state index < -0.39 is 0 Å². The molecule has 0 atom stereocenters. The van der Waals surface area contributed by atoms with Gasteiger partial charge in [-0.25, -0.2) is 4.57 Å². The summed E-state index contributed by atoms with van der Waals surface area (Å²) in [4.78, 5) is 11.9. The summed E-state index contributed by atoms with van der Waals surface area (Å²) in [6.45, 7) is 0. The highest BCUT2D eigenvalue weighted by Crippen LogP contribution is 2.18. The normalized spacial score (nSPS) is 10.1. The fourth-order valence-corrected chi connectivity index (χ4v) is 2.11. The maximum atomic E-state index is 11.9. The molecule has 0 amide bonds. The zero-order chi connectivity index (χ0) is 10.8.